The molecule has 0 aliphatic heterocycles. The number of carbonyl (C=O) groups excluding carboxylic acids is 1. The zero-order valence-corrected chi connectivity index (χ0v) is 15.3. The molecule has 0 radical (unpaired) electrons. The zero-order valence-electron chi connectivity index (χ0n) is 14.5. The van der Waals surface area contributed by atoms with Gasteiger partial charge in [0.15, 0.2) is 0 Å². The van der Waals surface area contributed by atoms with E-state index < -0.39 is 0 Å². The molecule has 26 heavy (non-hydrogen) atoms. The number of carbonyl (C=O) groups is 1. The maximum atomic E-state index is 13.1. The van der Waals surface area contributed by atoms with E-state index in [4.69, 9.17) is 11.6 Å². The van der Waals surface area contributed by atoms with Crippen LogP contribution in [0, 0.1) is 12.7 Å². The Balaban J connectivity index is 1.86. The average Bonchev–Trinajstić information content (AvgIpc) is 2.90. The molecule has 0 unspecified atom stereocenters. The van der Waals surface area contributed by atoms with E-state index in [2.05, 4.69) is 15.4 Å². The highest BCUT2D eigenvalue weighted by atomic mass is 35.5. The summed E-state index contributed by atoms with van der Waals surface area (Å²) in [5, 5.41) is 7.21. The quantitative estimate of drug-likeness (QED) is 0.757. The number of halogens is 2. The maximum Gasteiger partial charge on any atom is 0.260 e. The van der Waals surface area contributed by atoms with Crippen LogP contribution in [-0.2, 0) is 0 Å². The van der Waals surface area contributed by atoms with Crippen molar-refractivity contribution in [3.63, 3.8) is 0 Å². The second kappa shape index (κ2) is 7.13. The molecule has 1 aromatic carbocycles. The number of nitrogens with zero attached hydrogens (tertiary/aromatic N) is 4. The van der Waals surface area contributed by atoms with Crippen LogP contribution in [0.4, 0.5) is 15.9 Å². The molecule has 0 spiro atoms. The highest BCUT2D eigenvalue weighted by Crippen LogP contribution is 2.25. The molecule has 6 nitrogen and oxygen atoms in total. The lowest BCUT2D eigenvalue weighted by Crippen LogP contribution is -2.14. The third kappa shape index (κ3) is 3.52. The Bertz CT molecular complexity index is 935. The van der Waals surface area contributed by atoms with E-state index in [0.29, 0.717) is 17.1 Å². The number of benzene rings is 1. The van der Waals surface area contributed by atoms with Gasteiger partial charge in [-0.25, -0.2) is 14.1 Å². The highest BCUT2D eigenvalue weighted by molar-refractivity contribution is 6.34. The molecule has 0 atom stereocenters. The summed E-state index contributed by atoms with van der Waals surface area (Å²) in [7, 11) is 3.77. The molecule has 0 saturated heterocycles. The van der Waals surface area contributed by atoms with Gasteiger partial charge < -0.3 is 10.2 Å². The van der Waals surface area contributed by atoms with Crippen LogP contribution < -0.4 is 10.2 Å². The minimum atomic E-state index is -0.389. The van der Waals surface area contributed by atoms with Crippen LogP contribution in [0.2, 0.25) is 5.15 Å². The van der Waals surface area contributed by atoms with Gasteiger partial charge in [0, 0.05) is 14.1 Å². The van der Waals surface area contributed by atoms with E-state index >= 15 is 0 Å². The van der Waals surface area contributed by atoms with Gasteiger partial charge in [0.1, 0.15) is 22.4 Å². The van der Waals surface area contributed by atoms with Crippen molar-refractivity contribution < 1.29 is 9.18 Å². The molecule has 2 heterocycles. The number of pyridine rings is 1. The Labute approximate surface area is 155 Å². The summed E-state index contributed by atoms with van der Waals surface area (Å²) < 4.78 is 14.5. The molecule has 0 saturated carbocycles. The molecule has 0 aliphatic rings. The van der Waals surface area contributed by atoms with Crippen LogP contribution in [0.15, 0.2) is 42.6 Å². The molecule has 1 N–H and O–H groups in total. The van der Waals surface area contributed by atoms with Crippen molar-refractivity contribution >= 4 is 29.0 Å². The molecule has 2 aromatic heterocycles. The predicted molar refractivity (Wildman–Crippen MR) is 99.8 cm³/mol. The first-order valence-corrected chi connectivity index (χ1v) is 8.20. The molecule has 8 heteroatoms. The number of nitrogens with one attached hydrogen (secondary N) is 1. The first-order chi connectivity index (χ1) is 12.4. The third-order valence-electron chi connectivity index (χ3n) is 3.77. The largest absolute Gasteiger partial charge is 0.363 e. The van der Waals surface area contributed by atoms with Gasteiger partial charge in [-0.3, -0.25) is 4.79 Å². The molecule has 0 aliphatic carbocycles. The zero-order chi connectivity index (χ0) is 18.8. The van der Waals surface area contributed by atoms with Crippen molar-refractivity contribution in [2.75, 3.05) is 24.3 Å². The lowest BCUT2D eigenvalue weighted by Gasteiger charge is -2.11. The smallest absolute Gasteiger partial charge is 0.260 e. The standard InChI is InChI=1S/C18H17ClFN5O/c1-11-16(17(19)25(23-11)14-7-4-12(20)5-8-14)18(26)22-13-6-9-15(21-10-13)24(2)3/h4-10H,1-3H3,(H,22,26). The van der Waals surface area contributed by atoms with Crippen LogP contribution in [0.5, 0.6) is 0 Å². The summed E-state index contributed by atoms with van der Waals surface area (Å²) in [6.07, 6.45) is 1.57. The Morgan fingerprint density at radius 3 is 2.46 bits per heavy atom. The summed E-state index contributed by atoms with van der Waals surface area (Å²) in [6.45, 7) is 1.69. The highest BCUT2D eigenvalue weighted by Gasteiger charge is 2.21. The minimum Gasteiger partial charge on any atom is -0.363 e. The van der Waals surface area contributed by atoms with Crippen LogP contribution in [0.3, 0.4) is 0 Å². The second-order valence-electron chi connectivity index (χ2n) is 5.89. The lowest BCUT2D eigenvalue weighted by molar-refractivity contribution is 0.102. The van der Waals surface area contributed by atoms with E-state index in [-0.39, 0.29) is 22.4 Å². The van der Waals surface area contributed by atoms with Crippen molar-refractivity contribution in [3.05, 3.63) is 64.8 Å². The number of hydrogen-bond donors (Lipinski definition) is 1. The summed E-state index contributed by atoms with van der Waals surface area (Å²) in [6, 6.07) is 9.25. The molecule has 3 rings (SSSR count). The van der Waals surface area contributed by atoms with Crippen LogP contribution in [0.25, 0.3) is 5.69 Å². The summed E-state index contributed by atoms with van der Waals surface area (Å²) in [5.74, 6) is 0.0296. The van der Waals surface area contributed by atoms with Gasteiger partial charge in [0.25, 0.3) is 5.91 Å². The lowest BCUT2D eigenvalue weighted by atomic mass is 10.2. The van der Waals surface area contributed by atoms with Crippen molar-refractivity contribution in [3.8, 4) is 5.69 Å². The number of hydrogen-bond acceptors (Lipinski definition) is 4. The molecule has 0 fully saturated rings. The second-order valence-corrected chi connectivity index (χ2v) is 6.25. The summed E-state index contributed by atoms with van der Waals surface area (Å²) in [4.78, 5) is 18.7. The van der Waals surface area contributed by atoms with E-state index in [1.54, 1.807) is 37.4 Å². The van der Waals surface area contributed by atoms with Gasteiger partial charge in [0.05, 0.1) is 23.3 Å². The molecule has 134 valence electrons. The van der Waals surface area contributed by atoms with E-state index in [0.717, 1.165) is 5.82 Å². The Morgan fingerprint density at radius 1 is 1.19 bits per heavy atom. The third-order valence-corrected chi connectivity index (χ3v) is 4.12. The maximum absolute atomic E-state index is 13.1. The molecular weight excluding hydrogens is 357 g/mol. The number of aromatic nitrogens is 3. The monoisotopic (exact) mass is 373 g/mol. The van der Waals surface area contributed by atoms with Crippen molar-refractivity contribution in [2.45, 2.75) is 6.92 Å². The van der Waals surface area contributed by atoms with Crippen LogP contribution in [-0.4, -0.2) is 34.8 Å². The number of aryl methyl sites for hydroxylation is 1. The molecular formula is C18H17ClFN5O. The fourth-order valence-corrected chi connectivity index (χ4v) is 2.79. The summed E-state index contributed by atoms with van der Waals surface area (Å²) in [5.41, 5.74) is 1.84. The van der Waals surface area contributed by atoms with Crippen LogP contribution in [0.1, 0.15) is 16.1 Å². The molecule has 0 bridgehead atoms. The average molecular weight is 374 g/mol. The number of rotatable bonds is 4. The number of amides is 1. The number of anilines is 2. The predicted octanol–water partition coefficient (Wildman–Crippen LogP) is 3.69. The Morgan fingerprint density at radius 2 is 1.88 bits per heavy atom. The van der Waals surface area contributed by atoms with Crippen LogP contribution >= 0.6 is 11.6 Å². The van der Waals surface area contributed by atoms with Gasteiger partial charge >= 0.3 is 0 Å². The first kappa shape index (κ1) is 17.9. The van der Waals surface area contributed by atoms with E-state index in [1.165, 1.54) is 16.8 Å². The van der Waals surface area contributed by atoms with E-state index in [9.17, 15) is 9.18 Å². The normalized spacial score (nSPS) is 10.7. The fourth-order valence-electron chi connectivity index (χ4n) is 2.43. The Kier molecular flexibility index (Phi) is 4.90. The topological polar surface area (TPSA) is 63.1 Å². The van der Waals surface area contributed by atoms with Crippen molar-refractivity contribution in [1.29, 1.82) is 0 Å². The first-order valence-electron chi connectivity index (χ1n) is 7.82. The van der Waals surface area contributed by atoms with E-state index in [1.807, 2.05) is 19.0 Å². The van der Waals surface area contributed by atoms with Gasteiger partial charge in [-0.2, -0.15) is 5.10 Å². The molecule has 1 amide bonds. The Hall–Kier alpha value is -2.93. The van der Waals surface area contributed by atoms with Crippen molar-refractivity contribution in [1.82, 2.24) is 14.8 Å². The van der Waals surface area contributed by atoms with Gasteiger partial charge in [-0.05, 0) is 43.3 Å². The van der Waals surface area contributed by atoms with Gasteiger partial charge in [-0.1, -0.05) is 11.6 Å². The SMILES string of the molecule is Cc1nn(-c2ccc(F)cc2)c(Cl)c1C(=O)Nc1ccc(N(C)C)nc1. The molecule has 3 aromatic rings. The van der Waals surface area contributed by atoms with Gasteiger partial charge in [0.2, 0.25) is 0 Å². The van der Waals surface area contributed by atoms with Gasteiger partial charge in [-0.15, -0.1) is 0 Å². The fraction of sp³-hybridized carbons (Fsp3) is 0.167. The van der Waals surface area contributed by atoms with Crippen molar-refractivity contribution in [2.24, 2.45) is 0 Å². The minimum absolute atomic E-state index is 0.157. The summed E-state index contributed by atoms with van der Waals surface area (Å²) >= 11 is 6.36.